The number of carbonyl (C=O) groups is 2. The van der Waals surface area contributed by atoms with Crippen LogP contribution in [0.2, 0.25) is 5.02 Å². The molecule has 0 saturated carbocycles. The summed E-state index contributed by atoms with van der Waals surface area (Å²) in [5.74, 6) is -0.166. The standard InChI is InChI=1S/C21H19ClN2O5S/c1-12(19(25)23-15-7-8-17(27-2)18(10-15)28-3)29-21(26)16-11-30-20(24-16)13-5-4-6-14(22)9-13/h4-12H,1-3H3,(H,23,25). The summed E-state index contributed by atoms with van der Waals surface area (Å²) in [6.07, 6.45) is -1.03. The van der Waals surface area contributed by atoms with E-state index in [1.165, 1.54) is 32.5 Å². The van der Waals surface area contributed by atoms with Crippen molar-refractivity contribution in [3.05, 3.63) is 58.6 Å². The molecule has 1 amide bonds. The van der Waals surface area contributed by atoms with Gasteiger partial charge in [-0.15, -0.1) is 11.3 Å². The fourth-order valence-corrected chi connectivity index (χ4v) is 3.53. The lowest BCUT2D eigenvalue weighted by atomic mass is 10.2. The molecule has 1 N–H and O–H groups in total. The van der Waals surface area contributed by atoms with Gasteiger partial charge in [-0.2, -0.15) is 0 Å². The number of ether oxygens (including phenoxy) is 3. The molecule has 9 heteroatoms. The van der Waals surface area contributed by atoms with Crippen LogP contribution >= 0.6 is 22.9 Å². The number of hydrogen-bond acceptors (Lipinski definition) is 7. The van der Waals surface area contributed by atoms with Crippen LogP contribution in [0.3, 0.4) is 0 Å². The molecule has 0 aliphatic carbocycles. The Bertz CT molecular complexity index is 1070. The van der Waals surface area contributed by atoms with Crippen molar-refractivity contribution in [1.29, 1.82) is 0 Å². The fourth-order valence-electron chi connectivity index (χ4n) is 2.55. The molecule has 0 fully saturated rings. The van der Waals surface area contributed by atoms with Gasteiger partial charge in [0.15, 0.2) is 23.3 Å². The van der Waals surface area contributed by atoms with Gasteiger partial charge in [0.1, 0.15) is 5.01 Å². The normalized spacial score (nSPS) is 11.5. The number of anilines is 1. The monoisotopic (exact) mass is 446 g/mol. The largest absolute Gasteiger partial charge is 0.493 e. The number of hydrogen-bond donors (Lipinski definition) is 1. The zero-order valence-electron chi connectivity index (χ0n) is 16.5. The smallest absolute Gasteiger partial charge is 0.358 e. The summed E-state index contributed by atoms with van der Waals surface area (Å²) in [4.78, 5) is 29.1. The highest BCUT2D eigenvalue weighted by molar-refractivity contribution is 7.13. The van der Waals surface area contributed by atoms with E-state index in [0.717, 1.165) is 5.56 Å². The van der Waals surface area contributed by atoms with Gasteiger partial charge in [-0.05, 0) is 31.2 Å². The average Bonchev–Trinajstić information content (AvgIpc) is 3.24. The van der Waals surface area contributed by atoms with Crippen LogP contribution in [0.15, 0.2) is 47.8 Å². The van der Waals surface area contributed by atoms with Crippen LogP contribution in [0.5, 0.6) is 11.5 Å². The summed E-state index contributed by atoms with van der Waals surface area (Å²) >= 11 is 7.28. The van der Waals surface area contributed by atoms with Gasteiger partial charge in [0.25, 0.3) is 5.91 Å². The predicted octanol–water partition coefficient (Wildman–Crippen LogP) is 4.66. The van der Waals surface area contributed by atoms with E-state index in [9.17, 15) is 9.59 Å². The molecule has 3 rings (SSSR count). The van der Waals surface area contributed by atoms with E-state index in [2.05, 4.69) is 10.3 Å². The Kier molecular flexibility index (Phi) is 6.91. The van der Waals surface area contributed by atoms with Gasteiger partial charge in [-0.25, -0.2) is 9.78 Å². The van der Waals surface area contributed by atoms with Gasteiger partial charge in [-0.3, -0.25) is 4.79 Å². The lowest BCUT2D eigenvalue weighted by Crippen LogP contribution is -2.30. The predicted molar refractivity (Wildman–Crippen MR) is 116 cm³/mol. The van der Waals surface area contributed by atoms with Crippen LogP contribution < -0.4 is 14.8 Å². The highest BCUT2D eigenvalue weighted by Crippen LogP contribution is 2.30. The molecule has 0 radical (unpaired) electrons. The van der Waals surface area contributed by atoms with E-state index in [0.29, 0.717) is 27.2 Å². The fraction of sp³-hybridized carbons (Fsp3) is 0.190. The van der Waals surface area contributed by atoms with Gasteiger partial charge in [0, 0.05) is 27.7 Å². The molecule has 3 aromatic rings. The molecule has 156 valence electrons. The zero-order chi connectivity index (χ0) is 21.7. The van der Waals surface area contributed by atoms with Crippen LogP contribution in [0, 0.1) is 0 Å². The summed E-state index contributed by atoms with van der Waals surface area (Å²) in [5, 5.41) is 5.47. The Morgan fingerprint density at radius 2 is 1.87 bits per heavy atom. The first-order chi connectivity index (χ1) is 14.4. The van der Waals surface area contributed by atoms with Gasteiger partial charge in [0.05, 0.1) is 14.2 Å². The molecule has 0 spiro atoms. The molecule has 1 atom stereocenters. The number of nitrogens with zero attached hydrogens (tertiary/aromatic N) is 1. The maximum absolute atomic E-state index is 12.4. The number of nitrogens with one attached hydrogen (secondary N) is 1. The highest BCUT2D eigenvalue weighted by atomic mass is 35.5. The molecule has 1 heterocycles. The van der Waals surface area contributed by atoms with Crippen molar-refractivity contribution in [2.45, 2.75) is 13.0 Å². The number of amides is 1. The van der Waals surface area contributed by atoms with Crippen molar-refractivity contribution in [2.75, 3.05) is 19.5 Å². The lowest BCUT2D eigenvalue weighted by Gasteiger charge is -2.14. The SMILES string of the molecule is COc1ccc(NC(=O)C(C)OC(=O)c2csc(-c3cccc(Cl)c3)n2)cc1OC. The van der Waals surface area contributed by atoms with Crippen molar-refractivity contribution in [3.63, 3.8) is 0 Å². The minimum atomic E-state index is -1.03. The first kappa shape index (κ1) is 21.6. The van der Waals surface area contributed by atoms with Crippen LogP contribution in [0.4, 0.5) is 5.69 Å². The number of rotatable bonds is 7. The second-order valence-corrected chi connectivity index (χ2v) is 7.45. The number of halogens is 1. The minimum Gasteiger partial charge on any atom is -0.493 e. The maximum atomic E-state index is 12.4. The van der Waals surface area contributed by atoms with Gasteiger partial charge >= 0.3 is 5.97 Å². The Labute approximate surface area is 182 Å². The zero-order valence-corrected chi connectivity index (χ0v) is 18.0. The van der Waals surface area contributed by atoms with E-state index >= 15 is 0 Å². The van der Waals surface area contributed by atoms with Gasteiger partial charge in [0.2, 0.25) is 0 Å². The summed E-state index contributed by atoms with van der Waals surface area (Å²) in [6, 6.07) is 12.1. The molecule has 0 saturated heterocycles. The van der Waals surface area contributed by atoms with Crippen molar-refractivity contribution >= 4 is 40.5 Å². The average molecular weight is 447 g/mol. The molecule has 0 bridgehead atoms. The van der Waals surface area contributed by atoms with E-state index in [1.807, 2.05) is 6.07 Å². The molecule has 1 aromatic heterocycles. The van der Waals surface area contributed by atoms with Gasteiger partial charge < -0.3 is 19.5 Å². The maximum Gasteiger partial charge on any atom is 0.358 e. The van der Waals surface area contributed by atoms with Crippen molar-refractivity contribution in [1.82, 2.24) is 4.98 Å². The van der Waals surface area contributed by atoms with Gasteiger partial charge in [-0.1, -0.05) is 23.7 Å². The summed E-state index contributed by atoms with van der Waals surface area (Å²) in [6.45, 7) is 1.48. The summed E-state index contributed by atoms with van der Waals surface area (Å²) in [5.41, 5.74) is 1.41. The van der Waals surface area contributed by atoms with Crippen LogP contribution in [0.1, 0.15) is 17.4 Å². The second kappa shape index (κ2) is 9.60. The number of benzene rings is 2. The number of aromatic nitrogens is 1. The van der Waals surface area contributed by atoms with E-state index in [1.54, 1.807) is 41.8 Å². The van der Waals surface area contributed by atoms with Crippen molar-refractivity contribution < 1.29 is 23.8 Å². The minimum absolute atomic E-state index is 0.126. The second-order valence-electron chi connectivity index (χ2n) is 6.15. The first-order valence-electron chi connectivity index (χ1n) is 8.86. The topological polar surface area (TPSA) is 86.8 Å². The molecule has 0 aliphatic heterocycles. The molecular weight excluding hydrogens is 428 g/mol. The van der Waals surface area contributed by atoms with Crippen molar-refractivity contribution in [2.24, 2.45) is 0 Å². The first-order valence-corrected chi connectivity index (χ1v) is 10.1. The Morgan fingerprint density at radius 3 is 2.57 bits per heavy atom. The van der Waals surface area contributed by atoms with E-state index < -0.39 is 18.0 Å². The summed E-state index contributed by atoms with van der Waals surface area (Å²) in [7, 11) is 3.02. The van der Waals surface area contributed by atoms with E-state index in [4.69, 9.17) is 25.8 Å². The number of esters is 1. The highest BCUT2D eigenvalue weighted by Gasteiger charge is 2.21. The summed E-state index contributed by atoms with van der Waals surface area (Å²) < 4.78 is 15.6. The lowest BCUT2D eigenvalue weighted by molar-refractivity contribution is -0.123. The van der Waals surface area contributed by atoms with Crippen LogP contribution in [0.25, 0.3) is 10.6 Å². The third-order valence-electron chi connectivity index (χ3n) is 4.09. The Balaban J connectivity index is 1.63. The molecular formula is C21H19ClN2O5S. The Hall–Kier alpha value is -3.10. The number of methoxy groups -OCH3 is 2. The Morgan fingerprint density at radius 1 is 1.10 bits per heavy atom. The third-order valence-corrected chi connectivity index (χ3v) is 5.22. The van der Waals surface area contributed by atoms with Crippen LogP contribution in [-0.2, 0) is 9.53 Å². The van der Waals surface area contributed by atoms with Crippen LogP contribution in [-0.4, -0.2) is 37.2 Å². The number of thiazole rings is 1. The molecule has 30 heavy (non-hydrogen) atoms. The quantitative estimate of drug-likeness (QED) is 0.531. The van der Waals surface area contributed by atoms with E-state index in [-0.39, 0.29) is 5.69 Å². The molecule has 0 aliphatic rings. The molecule has 2 aromatic carbocycles. The molecule has 7 nitrogen and oxygen atoms in total. The third kappa shape index (κ3) is 5.08. The van der Waals surface area contributed by atoms with Crippen molar-refractivity contribution in [3.8, 4) is 22.1 Å². The molecule has 1 unspecified atom stereocenters. The number of carbonyl (C=O) groups excluding carboxylic acids is 2.